The molecule has 0 spiro atoms. The number of amides is 1. The van der Waals surface area contributed by atoms with Crippen LogP contribution in [0, 0.1) is 13.8 Å². The number of rotatable bonds is 5. The molecular weight excluding hydrogens is 458 g/mol. The Kier molecular flexibility index (Phi) is 5.72. The van der Waals surface area contributed by atoms with Gasteiger partial charge in [-0.15, -0.1) is 0 Å². The zero-order valence-corrected chi connectivity index (χ0v) is 19.8. The molecule has 7 nitrogen and oxygen atoms in total. The predicted octanol–water partition coefficient (Wildman–Crippen LogP) is 4.21. The first-order valence-electron chi connectivity index (χ1n) is 10.6. The van der Waals surface area contributed by atoms with Crippen LogP contribution >= 0.6 is 23.4 Å². The first kappa shape index (κ1) is 21.7. The summed E-state index contributed by atoms with van der Waals surface area (Å²) in [5, 5.41) is 9.01. The lowest BCUT2D eigenvalue weighted by molar-refractivity contribution is -0.121. The highest BCUT2D eigenvalue weighted by molar-refractivity contribution is 7.99. The Bertz CT molecular complexity index is 1440. The quantitative estimate of drug-likeness (QED) is 0.434. The molecule has 1 aliphatic rings. The van der Waals surface area contributed by atoms with E-state index < -0.39 is 0 Å². The summed E-state index contributed by atoms with van der Waals surface area (Å²) in [4.78, 5) is 30.7. The Morgan fingerprint density at radius 2 is 2.03 bits per heavy atom. The molecule has 1 amide bonds. The standard InChI is InChI=1S/C24H22ClN5O2S/c1-14-7-8-17(9-15(14)2)30-22-19(12-27-30)23(32)29-18(13-33-24(29)28-22)10-21(31)26-11-16-5-3-4-6-20(16)25/h3-9,12,18H,10-11,13H2,1-2H3,(H,26,31). The molecule has 1 atom stereocenters. The van der Waals surface area contributed by atoms with Crippen molar-refractivity contribution in [1.82, 2.24) is 24.6 Å². The van der Waals surface area contributed by atoms with Gasteiger partial charge in [-0.3, -0.25) is 14.2 Å². The fourth-order valence-electron chi connectivity index (χ4n) is 3.95. The van der Waals surface area contributed by atoms with Crippen LogP contribution in [-0.4, -0.2) is 31.0 Å². The number of aryl methyl sites for hydroxylation is 2. The molecule has 4 aromatic rings. The molecule has 0 aliphatic carbocycles. The molecule has 33 heavy (non-hydrogen) atoms. The van der Waals surface area contributed by atoms with Crippen molar-refractivity contribution >= 4 is 40.3 Å². The lowest BCUT2D eigenvalue weighted by Crippen LogP contribution is -2.30. The van der Waals surface area contributed by atoms with Crippen molar-refractivity contribution in [3.63, 3.8) is 0 Å². The van der Waals surface area contributed by atoms with Gasteiger partial charge >= 0.3 is 0 Å². The fraction of sp³-hybridized carbons (Fsp3) is 0.250. The van der Waals surface area contributed by atoms with Gasteiger partial charge in [0.15, 0.2) is 10.8 Å². The van der Waals surface area contributed by atoms with Gasteiger partial charge < -0.3 is 5.32 Å². The minimum atomic E-state index is -0.259. The third-order valence-electron chi connectivity index (χ3n) is 5.96. The van der Waals surface area contributed by atoms with E-state index in [0.717, 1.165) is 16.8 Å². The fourth-order valence-corrected chi connectivity index (χ4v) is 5.28. The Labute approximate surface area is 199 Å². The van der Waals surface area contributed by atoms with Crippen molar-refractivity contribution in [2.24, 2.45) is 0 Å². The van der Waals surface area contributed by atoms with Gasteiger partial charge in [0.2, 0.25) is 5.91 Å². The number of nitrogens with one attached hydrogen (secondary N) is 1. The molecular formula is C24H22ClN5O2S. The summed E-state index contributed by atoms with van der Waals surface area (Å²) >= 11 is 7.65. The lowest BCUT2D eigenvalue weighted by Gasteiger charge is -2.14. The van der Waals surface area contributed by atoms with E-state index in [0.29, 0.717) is 33.5 Å². The normalized spacial score (nSPS) is 15.1. The van der Waals surface area contributed by atoms with Gasteiger partial charge in [-0.1, -0.05) is 47.6 Å². The van der Waals surface area contributed by atoms with Crippen molar-refractivity contribution < 1.29 is 4.79 Å². The van der Waals surface area contributed by atoms with E-state index in [2.05, 4.69) is 17.3 Å². The van der Waals surface area contributed by atoms with Crippen LogP contribution in [0.1, 0.15) is 29.2 Å². The van der Waals surface area contributed by atoms with Gasteiger partial charge in [-0.05, 0) is 48.7 Å². The molecule has 3 heterocycles. The van der Waals surface area contributed by atoms with E-state index in [9.17, 15) is 9.59 Å². The second kappa shape index (κ2) is 8.68. The second-order valence-corrected chi connectivity index (χ2v) is 9.56. The van der Waals surface area contributed by atoms with Gasteiger partial charge in [0, 0.05) is 23.7 Å². The second-order valence-electron chi connectivity index (χ2n) is 8.17. The summed E-state index contributed by atoms with van der Waals surface area (Å²) in [6, 6.07) is 13.2. The summed E-state index contributed by atoms with van der Waals surface area (Å²) in [6.45, 7) is 4.45. The highest BCUT2D eigenvalue weighted by Gasteiger charge is 2.29. The molecule has 2 aromatic carbocycles. The van der Waals surface area contributed by atoms with E-state index in [1.165, 1.54) is 17.3 Å². The van der Waals surface area contributed by atoms with Crippen molar-refractivity contribution in [2.45, 2.75) is 38.0 Å². The number of halogens is 1. The maximum absolute atomic E-state index is 13.3. The molecule has 0 bridgehead atoms. The third kappa shape index (κ3) is 4.05. The zero-order chi connectivity index (χ0) is 23.1. The average molecular weight is 480 g/mol. The van der Waals surface area contributed by atoms with Crippen LogP contribution in [0.25, 0.3) is 16.7 Å². The van der Waals surface area contributed by atoms with Crippen molar-refractivity contribution in [3.05, 3.63) is 80.7 Å². The summed E-state index contributed by atoms with van der Waals surface area (Å²) in [5.74, 6) is 0.483. The number of hydrogen-bond acceptors (Lipinski definition) is 5. The number of aromatic nitrogens is 4. The predicted molar refractivity (Wildman–Crippen MR) is 130 cm³/mol. The first-order chi connectivity index (χ1) is 15.9. The Morgan fingerprint density at radius 1 is 1.21 bits per heavy atom. The molecule has 0 fully saturated rings. The minimum Gasteiger partial charge on any atom is -0.352 e. The number of carbonyl (C=O) groups excluding carboxylic acids is 1. The Hall–Kier alpha value is -3.10. The van der Waals surface area contributed by atoms with Gasteiger partial charge in [0.25, 0.3) is 5.56 Å². The smallest absolute Gasteiger partial charge is 0.265 e. The molecule has 2 aromatic heterocycles. The van der Waals surface area contributed by atoms with Crippen LogP contribution in [0.5, 0.6) is 0 Å². The number of hydrogen-bond donors (Lipinski definition) is 1. The number of thioether (sulfide) groups is 1. The highest BCUT2D eigenvalue weighted by atomic mass is 35.5. The van der Waals surface area contributed by atoms with E-state index in [1.54, 1.807) is 21.5 Å². The molecule has 5 rings (SSSR count). The number of fused-ring (bicyclic) bond motifs is 2. The maximum atomic E-state index is 13.3. The highest BCUT2D eigenvalue weighted by Crippen LogP contribution is 2.33. The van der Waals surface area contributed by atoms with Gasteiger partial charge in [-0.2, -0.15) is 5.10 Å². The average Bonchev–Trinajstić information content (AvgIpc) is 3.40. The van der Waals surface area contributed by atoms with Gasteiger partial charge in [-0.25, -0.2) is 9.67 Å². The topological polar surface area (TPSA) is 81.8 Å². The third-order valence-corrected chi connectivity index (χ3v) is 7.43. The van der Waals surface area contributed by atoms with Crippen LogP contribution in [0.3, 0.4) is 0 Å². The molecule has 1 N–H and O–H groups in total. The Morgan fingerprint density at radius 3 is 2.82 bits per heavy atom. The van der Waals surface area contributed by atoms with Gasteiger partial charge in [0.1, 0.15) is 5.39 Å². The molecule has 0 radical (unpaired) electrons. The molecule has 1 aliphatic heterocycles. The SMILES string of the molecule is Cc1ccc(-n2ncc3c(=O)n4c(nc32)SCC4CC(=O)NCc2ccccc2Cl)cc1C. The molecule has 1 unspecified atom stereocenters. The molecule has 9 heteroatoms. The molecule has 0 saturated carbocycles. The maximum Gasteiger partial charge on any atom is 0.265 e. The van der Waals surface area contributed by atoms with Crippen LogP contribution in [-0.2, 0) is 11.3 Å². The van der Waals surface area contributed by atoms with Crippen LogP contribution in [0.2, 0.25) is 5.02 Å². The van der Waals surface area contributed by atoms with Crippen molar-refractivity contribution in [2.75, 3.05) is 5.75 Å². The van der Waals surface area contributed by atoms with E-state index >= 15 is 0 Å². The lowest BCUT2D eigenvalue weighted by atomic mass is 10.1. The zero-order valence-electron chi connectivity index (χ0n) is 18.2. The summed E-state index contributed by atoms with van der Waals surface area (Å²) in [7, 11) is 0. The Balaban J connectivity index is 1.40. The number of nitrogens with zero attached hydrogens (tertiary/aromatic N) is 4. The van der Waals surface area contributed by atoms with Crippen molar-refractivity contribution in [3.8, 4) is 5.69 Å². The monoisotopic (exact) mass is 479 g/mol. The minimum absolute atomic E-state index is 0.133. The van der Waals surface area contributed by atoms with Crippen LogP contribution in [0.4, 0.5) is 0 Å². The molecule has 0 saturated heterocycles. The number of carbonyl (C=O) groups is 1. The van der Waals surface area contributed by atoms with Crippen LogP contribution in [0.15, 0.2) is 58.6 Å². The van der Waals surface area contributed by atoms with E-state index in [4.69, 9.17) is 16.6 Å². The summed E-state index contributed by atoms with van der Waals surface area (Å²) in [5.41, 5.74) is 4.42. The summed E-state index contributed by atoms with van der Waals surface area (Å²) in [6.07, 6.45) is 1.76. The number of benzene rings is 2. The van der Waals surface area contributed by atoms with Crippen LogP contribution < -0.4 is 10.9 Å². The van der Waals surface area contributed by atoms with E-state index in [1.807, 2.05) is 43.3 Å². The van der Waals surface area contributed by atoms with Crippen molar-refractivity contribution in [1.29, 1.82) is 0 Å². The largest absolute Gasteiger partial charge is 0.352 e. The molecule has 168 valence electrons. The summed E-state index contributed by atoms with van der Waals surface area (Å²) < 4.78 is 3.34. The first-order valence-corrected chi connectivity index (χ1v) is 12.0. The van der Waals surface area contributed by atoms with Gasteiger partial charge in [0.05, 0.1) is 17.9 Å². The van der Waals surface area contributed by atoms with E-state index in [-0.39, 0.29) is 23.9 Å².